The molecule has 0 radical (unpaired) electrons. The number of phenolic OH excluding ortho intramolecular Hbond substituents is 4. The Balaban J connectivity index is 0.00000122. The molecule has 33 heavy (non-hydrogen) atoms. The molecule has 0 saturated carbocycles. The van der Waals surface area contributed by atoms with Crippen LogP contribution in [0.15, 0.2) is 54.6 Å². The van der Waals surface area contributed by atoms with E-state index in [1.165, 1.54) is 48.8 Å². The number of ether oxygens (including phenoxy) is 1. The van der Waals surface area contributed by atoms with Crippen molar-refractivity contribution in [2.45, 2.75) is 6.54 Å². The monoisotopic (exact) mass is 452 g/mol. The maximum atomic E-state index is 12.3. The maximum Gasteiger partial charge on any atom is 0.185 e. The van der Waals surface area contributed by atoms with Gasteiger partial charge in [0.25, 0.3) is 0 Å². The highest BCUT2D eigenvalue weighted by Crippen LogP contribution is 2.28. The summed E-state index contributed by atoms with van der Waals surface area (Å²) in [4.78, 5) is 0. The first kappa shape index (κ1) is 24.6. The van der Waals surface area contributed by atoms with Crippen molar-refractivity contribution in [1.29, 1.82) is 0 Å². The van der Waals surface area contributed by atoms with E-state index in [-0.39, 0.29) is 29.5 Å². The first-order chi connectivity index (χ1) is 15.8. The van der Waals surface area contributed by atoms with Crippen LogP contribution in [0.25, 0.3) is 12.2 Å². The zero-order valence-corrected chi connectivity index (χ0v) is 17.8. The number of aromatic hydroxyl groups is 4. The molecule has 0 aliphatic carbocycles. The predicted octanol–water partition coefficient (Wildman–Crippen LogP) is 2.08. The van der Waals surface area contributed by atoms with E-state index in [4.69, 9.17) is 9.94 Å². The van der Waals surface area contributed by atoms with Crippen molar-refractivity contribution in [2.24, 2.45) is 0 Å². The van der Waals surface area contributed by atoms with Crippen LogP contribution in [0, 0.1) is 10.4 Å². The van der Waals surface area contributed by atoms with Gasteiger partial charge in [0.2, 0.25) is 0 Å². The van der Waals surface area contributed by atoms with Crippen LogP contribution in [-0.4, -0.2) is 45.2 Å². The summed E-state index contributed by atoms with van der Waals surface area (Å²) in [5.74, 6) is -0.203. The van der Waals surface area contributed by atoms with E-state index < -0.39 is 0 Å². The van der Waals surface area contributed by atoms with Crippen molar-refractivity contribution >= 4 is 25.1 Å². The van der Waals surface area contributed by atoms with Gasteiger partial charge in [-0.15, -0.1) is 0 Å². The summed E-state index contributed by atoms with van der Waals surface area (Å²) in [6, 6.07) is 13.9. The average Bonchev–Trinajstić information content (AvgIpc) is 2.78. The Morgan fingerprint density at radius 2 is 1.45 bits per heavy atom. The maximum absolute atomic E-state index is 12.3. The van der Waals surface area contributed by atoms with Gasteiger partial charge < -0.3 is 35.6 Å². The summed E-state index contributed by atoms with van der Waals surface area (Å²) in [7, 11) is 1.47. The van der Waals surface area contributed by atoms with Crippen LogP contribution < -0.4 is 9.89 Å². The van der Waals surface area contributed by atoms with Crippen LogP contribution in [0.2, 0.25) is 0 Å². The van der Waals surface area contributed by atoms with E-state index in [0.717, 1.165) is 11.1 Å². The summed E-state index contributed by atoms with van der Waals surface area (Å²) in [5, 5.41) is 60.7. The fraction of sp³-hybridized carbons (Fsp3) is 0.0833. The van der Waals surface area contributed by atoms with Gasteiger partial charge >= 0.3 is 0 Å². The number of methoxy groups -OCH3 is 1. The fourth-order valence-electron chi connectivity index (χ4n) is 2.82. The summed E-state index contributed by atoms with van der Waals surface area (Å²) >= 11 is 0. The lowest BCUT2D eigenvalue weighted by atomic mass is 10.1. The Morgan fingerprint density at radius 3 is 2.06 bits per heavy atom. The smallest absolute Gasteiger partial charge is 0.185 e. The minimum Gasteiger partial charge on any atom is -0.626 e. The number of rotatable bonds is 6. The quantitative estimate of drug-likeness (QED) is 0.0958. The lowest BCUT2D eigenvalue weighted by molar-refractivity contribution is -0.469. The highest BCUT2D eigenvalue weighted by atomic mass is 16.5. The Morgan fingerprint density at radius 1 is 0.879 bits per heavy atom. The molecule has 9 nitrogen and oxygen atoms in total. The largest absolute Gasteiger partial charge is 0.626 e. The second-order valence-corrected chi connectivity index (χ2v) is 6.75. The first-order valence-electron chi connectivity index (χ1n) is 9.59. The molecule has 172 valence electrons. The van der Waals surface area contributed by atoms with Gasteiger partial charge in [-0.1, -0.05) is 24.3 Å². The van der Waals surface area contributed by atoms with Crippen LogP contribution in [0.3, 0.4) is 0 Å². The van der Waals surface area contributed by atoms with Crippen molar-refractivity contribution in [3.05, 3.63) is 87.3 Å². The number of benzene rings is 3. The first-order valence-corrected chi connectivity index (χ1v) is 9.59. The van der Waals surface area contributed by atoms with Crippen LogP contribution in [-0.2, 0) is 6.54 Å². The highest BCUT2D eigenvalue weighted by Gasteiger charge is 2.07. The third-order valence-corrected chi connectivity index (χ3v) is 4.38. The molecule has 0 aromatic heterocycles. The zero-order chi connectivity index (χ0) is 24.4. The average molecular weight is 452 g/mol. The second kappa shape index (κ2) is 11.7. The molecule has 0 unspecified atom stereocenters. The number of hydroxylamine groups is 1. The second-order valence-electron chi connectivity index (χ2n) is 6.75. The van der Waals surface area contributed by atoms with E-state index >= 15 is 0 Å². The standard InChI is InChI=1S/C23H21NO6.CH3NO/c1-30-23-12-16(5-9-21(23)27)3-2-15-4-7-19(25)18(10-15)14-24(29)13-17-6-8-20(26)22(28)11-17;1-2-3/h2-12,14,25-28H,13H2,1H3;2H,1H2. The molecule has 0 saturated heterocycles. The summed E-state index contributed by atoms with van der Waals surface area (Å²) in [5.41, 5.74) is 2.40. The van der Waals surface area contributed by atoms with Crippen LogP contribution in [0.5, 0.6) is 28.7 Å². The molecule has 0 amide bonds. The number of nitrogens with zero attached hydrogens (tertiary/aromatic N) is 1. The van der Waals surface area contributed by atoms with Crippen LogP contribution >= 0.6 is 0 Å². The summed E-state index contributed by atoms with van der Waals surface area (Å²) in [6.07, 6.45) is 4.86. The highest BCUT2D eigenvalue weighted by molar-refractivity contribution is 5.82. The van der Waals surface area contributed by atoms with Gasteiger partial charge in [0.1, 0.15) is 12.5 Å². The van der Waals surface area contributed by atoms with E-state index in [1.54, 1.807) is 30.3 Å². The Hall–Kier alpha value is -4.66. The van der Waals surface area contributed by atoms with Gasteiger partial charge in [-0.25, -0.2) is 9.89 Å². The molecule has 0 atom stereocenters. The fourth-order valence-corrected chi connectivity index (χ4v) is 2.82. The lowest BCUT2D eigenvalue weighted by Gasteiger charge is -2.07. The van der Waals surface area contributed by atoms with Crippen LogP contribution in [0.4, 0.5) is 0 Å². The third kappa shape index (κ3) is 7.21. The van der Waals surface area contributed by atoms with Crippen molar-refractivity contribution in [2.75, 3.05) is 7.11 Å². The Labute approximate surface area is 190 Å². The zero-order valence-electron chi connectivity index (χ0n) is 17.8. The summed E-state index contributed by atoms with van der Waals surface area (Å²) < 4.78 is 5.71. The molecule has 3 aromatic carbocycles. The molecule has 0 bridgehead atoms. The summed E-state index contributed by atoms with van der Waals surface area (Å²) in [6.45, 7) is 2.61. The molecule has 0 aliphatic heterocycles. The molecule has 3 aromatic rings. The van der Waals surface area contributed by atoms with E-state index in [0.29, 0.717) is 21.6 Å². The molecular weight excluding hydrogens is 428 g/mol. The normalized spacial score (nSPS) is 11.0. The van der Waals surface area contributed by atoms with E-state index in [9.17, 15) is 25.6 Å². The SMILES string of the molecule is C=[NH+][O-].COc1cc(C=Cc2ccc(O)c(C=[N+]([O-])Cc3ccc(O)c(O)c3)c2)ccc1O. The van der Waals surface area contributed by atoms with Crippen molar-refractivity contribution in [3.8, 4) is 28.7 Å². The van der Waals surface area contributed by atoms with Gasteiger partial charge in [0.05, 0.1) is 12.7 Å². The molecule has 3 rings (SSSR count). The van der Waals surface area contributed by atoms with Crippen molar-refractivity contribution in [1.82, 2.24) is 0 Å². The van der Waals surface area contributed by atoms with Gasteiger partial charge in [0, 0.05) is 5.56 Å². The van der Waals surface area contributed by atoms with Gasteiger partial charge in [-0.05, 0) is 53.6 Å². The Kier molecular flexibility index (Phi) is 8.69. The lowest BCUT2D eigenvalue weighted by Crippen LogP contribution is -2.56. The molecule has 0 spiro atoms. The third-order valence-electron chi connectivity index (χ3n) is 4.38. The van der Waals surface area contributed by atoms with Crippen molar-refractivity contribution < 1.29 is 35.1 Å². The van der Waals surface area contributed by atoms with Gasteiger partial charge in [0.15, 0.2) is 35.8 Å². The van der Waals surface area contributed by atoms with Gasteiger partial charge in [-0.2, -0.15) is 0 Å². The van der Waals surface area contributed by atoms with Crippen LogP contribution in [0.1, 0.15) is 22.3 Å². The molecule has 0 aliphatic rings. The van der Waals surface area contributed by atoms with E-state index in [1.807, 2.05) is 6.08 Å². The minimum atomic E-state index is -0.304. The molecular formula is C24H24N2O7. The molecule has 5 N–H and O–H groups in total. The van der Waals surface area contributed by atoms with Gasteiger partial charge in [-0.3, -0.25) is 0 Å². The number of nitrogens with one attached hydrogen (secondary N) is 1. The molecule has 0 heterocycles. The molecule has 9 heteroatoms. The number of hydrogen-bond acceptors (Lipinski definition) is 7. The predicted molar refractivity (Wildman–Crippen MR) is 125 cm³/mol. The minimum absolute atomic E-state index is 0.0483. The number of phenols is 4. The van der Waals surface area contributed by atoms with E-state index in [2.05, 4.69) is 6.72 Å². The Bertz CT molecular complexity index is 1170. The topological polar surface area (TPSA) is 153 Å². The molecule has 0 fully saturated rings. The van der Waals surface area contributed by atoms with Crippen molar-refractivity contribution in [3.63, 3.8) is 0 Å². The number of hydrogen-bond donors (Lipinski definition) is 5.